The number of benzene rings is 1. The number of hydrogen-bond acceptors (Lipinski definition) is 6. The van der Waals surface area contributed by atoms with E-state index in [0.29, 0.717) is 48.6 Å². The minimum absolute atomic E-state index is 0.0372. The molecular formula is C25H23F3N8O2. The summed E-state index contributed by atoms with van der Waals surface area (Å²) in [6, 6.07) is 8.03. The first kappa shape index (κ1) is 23.9. The van der Waals surface area contributed by atoms with Crippen molar-refractivity contribution >= 4 is 22.9 Å². The van der Waals surface area contributed by atoms with E-state index in [2.05, 4.69) is 20.3 Å². The predicted molar refractivity (Wildman–Crippen MR) is 133 cm³/mol. The second-order valence-corrected chi connectivity index (χ2v) is 9.38. The Bertz CT molecular complexity index is 1600. The second-order valence-electron chi connectivity index (χ2n) is 9.38. The number of nitrogens with zero attached hydrogens (tertiary/aromatic N) is 7. The van der Waals surface area contributed by atoms with Gasteiger partial charge < -0.3 is 15.1 Å². The van der Waals surface area contributed by atoms with Crippen molar-refractivity contribution in [3.63, 3.8) is 0 Å². The normalized spacial score (nSPS) is 17.7. The minimum atomic E-state index is -4.61. The van der Waals surface area contributed by atoms with Crippen molar-refractivity contribution in [2.75, 3.05) is 31.1 Å². The lowest BCUT2D eigenvalue weighted by molar-refractivity contribution is -0.141. The van der Waals surface area contributed by atoms with Crippen LogP contribution in [0.1, 0.15) is 11.3 Å². The highest BCUT2D eigenvalue weighted by Gasteiger charge is 2.36. The first-order valence-corrected chi connectivity index (χ1v) is 12.0. The molecule has 38 heavy (non-hydrogen) atoms. The molecule has 2 amide bonds. The predicted octanol–water partition coefficient (Wildman–Crippen LogP) is 2.47. The molecule has 0 bridgehead atoms. The number of fused-ring (bicyclic) bond motifs is 2. The fourth-order valence-corrected chi connectivity index (χ4v) is 5.14. The van der Waals surface area contributed by atoms with E-state index < -0.39 is 11.9 Å². The summed E-state index contributed by atoms with van der Waals surface area (Å²) in [7, 11) is 1.52. The van der Waals surface area contributed by atoms with E-state index in [1.165, 1.54) is 28.5 Å². The van der Waals surface area contributed by atoms with E-state index in [4.69, 9.17) is 0 Å². The quantitative estimate of drug-likeness (QED) is 0.440. The Morgan fingerprint density at radius 2 is 1.84 bits per heavy atom. The Morgan fingerprint density at radius 3 is 2.61 bits per heavy atom. The number of nitrogens with one attached hydrogen (secondary N) is 1. The molecule has 196 valence electrons. The third-order valence-corrected chi connectivity index (χ3v) is 7.13. The molecule has 4 aromatic rings. The number of halogens is 3. The molecule has 1 aromatic carbocycles. The van der Waals surface area contributed by atoms with E-state index in [1.807, 2.05) is 9.80 Å². The van der Waals surface area contributed by atoms with Gasteiger partial charge in [-0.15, -0.1) is 0 Å². The highest BCUT2D eigenvalue weighted by Crippen LogP contribution is 2.31. The number of alkyl halides is 3. The van der Waals surface area contributed by atoms with E-state index >= 15 is 0 Å². The van der Waals surface area contributed by atoms with Crippen LogP contribution in [-0.2, 0) is 19.8 Å². The Morgan fingerprint density at radius 1 is 1.05 bits per heavy atom. The van der Waals surface area contributed by atoms with Gasteiger partial charge in [-0.25, -0.2) is 14.8 Å². The summed E-state index contributed by atoms with van der Waals surface area (Å²) in [6.45, 7) is 2.27. The molecule has 2 aliphatic heterocycles. The lowest BCUT2D eigenvalue weighted by Gasteiger charge is -2.36. The standard InChI is InChI=1S/C25H23F3N8O2/c1-33-22(37)19-5-4-15(9-20(19)36(33)13-16-3-2-6-29-21(16)25(26,27)28)17-10-30-23(31-11-17)34-7-8-35-18(14-34)12-32-24(35)38/h2-6,9-11,18H,7-8,12-14H2,1H3,(H,32,38). The maximum Gasteiger partial charge on any atom is 0.433 e. The number of amides is 2. The van der Waals surface area contributed by atoms with Crippen molar-refractivity contribution in [1.82, 2.24) is 34.5 Å². The van der Waals surface area contributed by atoms with Gasteiger partial charge >= 0.3 is 12.2 Å². The van der Waals surface area contributed by atoms with Crippen LogP contribution in [0.4, 0.5) is 23.9 Å². The summed E-state index contributed by atoms with van der Waals surface area (Å²) in [5, 5.41) is 3.24. The second kappa shape index (κ2) is 8.85. The molecule has 0 saturated carbocycles. The first-order chi connectivity index (χ1) is 18.2. The van der Waals surface area contributed by atoms with E-state index in [1.54, 1.807) is 30.6 Å². The third-order valence-electron chi connectivity index (χ3n) is 7.13. The molecule has 3 aromatic heterocycles. The minimum Gasteiger partial charge on any atom is -0.337 e. The number of rotatable bonds is 4. The maximum absolute atomic E-state index is 13.5. The van der Waals surface area contributed by atoms with Crippen LogP contribution in [0.15, 0.2) is 53.7 Å². The number of aromatic nitrogens is 5. The van der Waals surface area contributed by atoms with Crippen LogP contribution in [0, 0.1) is 0 Å². The number of carbonyl (C=O) groups excluding carboxylic acids is 1. The summed E-state index contributed by atoms with van der Waals surface area (Å²) in [4.78, 5) is 41.1. The molecule has 0 radical (unpaired) electrons. The van der Waals surface area contributed by atoms with Gasteiger partial charge in [-0.3, -0.25) is 19.1 Å². The number of hydrogen-bond donors (Lipinski definition) is 1. The Hall–Kier alpha value is -4.42. The van der Waals surface area contributed by atoms with Gasteiger partial charge in [0.1, 0.15) is 5.69 Å². The smallest absolute Gasteiger partial charge is 0.337 e. The average Bonchev–Trinajstić information content (AvgIpc) is 3.40. The summed E-state index contributed by atoms with van der Waals surface area (Å²) in [5.41, 5.74) is 0.589. The number of piperazine rings is 1. The first-order valence-electron chi connectivity index (χ1n) is 12.0. The molecule has 1 N–H and O–H groups in total. The van der Waals surface area contributed by atoms with Gasteiger partial charge in [-0.2, -0.15) is 13.2 Å². The van der Waals surface area contributed by atoms with Gasteiger partial charge in [-0.05, 0) is 23.8 Å². The molecular weight excluding hydrogens is 501 g/mol. The lowest BCUT2D eigenvalue weighted by Crippen LogP contribution is -2.52. The SMILES string of the molecule is Cn1c(=O)c2ccc(-c3cnc(N4CCN5C(=O)NCC5C4)nc3)cc2n1Cc1cccnc1C(F)(F)F. The molecule has 0 spiro atoms. The van der Waals surface area contributed by atoms with E-state index in [-0.39, 0.29) is 29.7 Å². The zero-order valence-corrected chi connectivity index (χ0v) is 20.3. The molecule has 2 aliphatic rings. The van der Waals surface area contributed by atoms with Gasteiger partial charge in [0.05, 0.1) is 23.5 Å². The number of urea groups is 1. The Kier molecular flexibility index (Phi) is 5.58. The molecule has 1 atom stereocenters. The summed E-state index contributed by atoms with van der Waals surface area (Å²) >= 11 is 0. The summed E-state index contributed by atoms with van der Waals surface area (Å²) in [6.07, 6.45) is -0.144. The molecule has 0 aliphatic carbocycles. The topological polar surface area (TPSA) is 101 Å². The van der Waals surface area contributed by atoms with Gasteiger partial charge in [0.2, 0.25) is 5.95 Å². The molecule has 10 nitrogen and oxygen atoms in total. The van der Waals surface area contributed by atoms with Crippen LogP contribution in [0.3, 0.4) is 0 Å². The Balaban J connectivity index is 1.31. The van der Waals surface area contributed by atoms with Crippen LogP contribution in [0.25, 0.3) is 22.0 Å². The maximum atomic E-state index is 13.5. The van der Waals surface area contributed by atoms with Crippen molar-refractivity contribution in [2.45, 2.75) is 18.8 Å². The molecule has 13 heteroatoms. The Labute approximate surface area is 214 Å². The van der Waals surface area contributed by atoms with Crippen LogP contribution in [0.5, 0.6) is 0 Å². The van der Waals surface area contributed by atoms with Crippen molar-refractivity contribution in [2.24, 2.45) is 7.05 Å². The van der Waals surface area contributed by atoms with E-state index in [0.717, 1.165) is 11.8 Å². The molecule has 2 fully saturated rings. The highest BCUT2D eigenvalue weighted by molar-refractivity contribution is 5.84. The zero-order valence-electron chi connectivity index (χ0n) is 20.3. The number of carbonyl (C=O) groups is 1. The largest absolute Gasteiger partial charge is 0.433 e. The van der Waals surface area contributed by atoms with Crippen molar-refractivity contribution in [1.29, 1.82) is 0 Å². The molecule has 6 rings (SSSR count). The van der Waals surface area contributed by atoms with Crippen LogP contribution >= 0.6 is 0 Å². The van der Waals surface area contributed by atoms with E-state index in [9.17, 15) is 22.8 Å². The van der Waals surface area contributed by atoms with Crippen molar-refractivity contribution in [3.8, 4) is 11.1 Å². The third kappa shape index (κ3) is 4.03. The van der Waals surface area contributed by atoms with Gasteiger partial charge in [0.25, 0.3) is 5.56 Å². The van der Waals surface area contributed by atoms with Crippen LogP contribution in [0.2, 0.25) is 0 Å². The van der Waals surface area contributed by atoms with Crippen molar-refractivity contribution in [3.05, 3.63) is 70.5 Å². The van der Waals surface area contributed by atoms with Gasteiger partial charge in [0.15, 0.2) is 0 Å². The van der Waals surface area contributed by atoms with Crippen LogP contribution < -0.4 is 15.8 Å². The fraction of sp³-hybridized carbons (Fsp3) is 0.320. The highest BCUT2D eigenvalue weighted by atomic mass is 19.4. The fourth-order valence-electron chi connectivity index (χ4n) is 5.14. The average molecular weight is 525 g/mol. The molecule has 1 unspecified atom stereocenters. The molecule has 5 heterocycles. The number of pyridine rings is 1. The molecule has 2 saturated heterocycles. The summed E-state index contributed by atoms with van der Waals surface area (Å²) < 4.78 is 43.4. The summed E-state index contributed by atoms with van der Waals surface area (Å²) in [5.74, 6) is 0.557. The van der Waals surface area contributed by atoms with Crippen molar-refractivity contribution < 1.29 is 18.0 Å². The zero-order chi connectivity index (χ0) is 26.6. The van der Waals surface area contributed by atoms with Crippen LogP contribution in [-0.4, -0.2) is 67.5 Å². The monoisotopic (exact) mass is 524 g/mol. The number of anilines is 1. The van der Waals surface area contributed by atoms with Gasteiger partial charge in [-0.1, -0.05) is 12.1 Å². The lowest BCUT2D eigenvalue weighted by atomic mass is 10.1. The van der Waals surface area contributed by atoms with Gasteiger partial charge in [0, 0.05) is 62.9 Å².